The highest BCUT2D eigenvalue weighted by atomic mass is 32.2. The fraction of sp³-hybridized carbons (Fsp3) is 0.273. The molecule has 0 atom stereocenters. The van der Waals surface area contributed by atoms with Crippen molar-refractivity contribution in [2.75, 3.05) is 18.4 Å². The average molecular weight is 484 g/mol. The van der Waals surface area contributed by atoms with Crippen LogP contribution in [0, 0.1) is 6.92 Å². The van der Waals surface area contributed by atoms with E-state index in [4.69, 9.17) is 0 Å². The topological polar surface area (TPSA) is 114 Å². The van der Waals surface area contributed by atoms with Gasteiger partial charge in [0.2, 0.25) is 15.9 Å². The van der Waals surface area contributed by atoms with Gasteiger partial charge < -0.3 is 5.32 Å². The van der Waals surface area contributed by atoms with E-state index >= 15 is 0 Å². The predicted molar refractivity (Wildman–Crippen MR) is 127 cm³/mol. The molecule has 1 fully saturated rings. The van der Waals surface area contributed by atoms with Crippen molar-refractivity contribution >= 4 is 53.4 Å². The molecule has 1 aliphatic rings. The SMILES string of the molecule is Cc1nn(CC(=O)Nc2nc3ccc(S(=O)(=O)N4CCCC4)cc3s2)c(=O)c2ccccc12. The highest BCUT2D eigenvalue weighted by Gasteiger charge is 2.27. The van der Waals surface area contributed by atoms with Gasteiger partial charge in [0.25, 0.3) is 5.56 Å². The average Bonchev–Trinajstić information content (AvgIpc) is 3.47. The molecule has 33 heavy (non-hydrogen) atoms. The van der Waals surface area contributed by atoms with Crippen molar-refractivity contribution in [3.8, 4) is 0 Å². The number of benzene rings is 2. The molecule has 1 aliphatic heterocycles. The minimum atomic E-state index is -3.53. The van der Waals surface area contributed by atoms with E-state index in [2.05, 4.69) is 15.4 Å². The highest BCUT2D eigenvalue weighted by Crippen LogP contribution is 2.30. The molecule has 4 aromatic rings. The number of amides is 1. The van der Waals surface area contributed by atoms with Gasteiger partial charge in [0.1, 0.15) is 6.54 Å². The van der Waals surface area contributed by atoms with Crippen molar-refractivity contribution in [2.24, 2.45) is 0 Å². The van der Waals surface area contributed by atoms with Gasteiger partial charge >= 0.3 is 0 Å². The van der Waals surface area contributed by atoms with Crippen LogP contribution in [-0.2, 0) is 21.4 Å². The second-order valence-corrected chi connectivity index (χ2v) is 10.9. The van der Waals surface area contributed by atoms with Crippen molar-refractivity contribution in [3.05, 3.63) is 58.5 Å². The summed E-state index contributed by atoms with van der Waals surface area (Å²) in [5, 5.41) is 8.54. The van der Waals surface area contributed by atoms with Crippen molar-refractivity contribution in [3.63, 3.8) is 0 Å². The smallest absolute Gasteiger partial charge is 0.275 e. The van der Waals surface area contributed by atoms with E-state index < -0.39 is 15.9 Å². The number of sulfonamides is 1. The number of aromatic nitrogens is 3. The summed E-state index contributed by atoms with van der Waals surface area (Å²) in [5.74, 6) is -0.441. The van der Waals surface area contributed by atoms with Crippen LogP contribution >= 0.6 is 11.3 Å². The van der Waals surface area contributed by atoms with Crippen LogP contribution in [0.15, 0.2) is 52.2 Å². The number of thiazole rings is 1. The Hall–Kier alpha value is -3.15. The van der Waals surface area contributed by atoms with Gasteiger partial charge in [-0.05, 0) is 44.0 Å². The van der Waals surface area contributed by atoms with Gasteiger partial charge in [-0.1, -0.05) is 29.5 Å². The van der Waals surface area contributed by atoms with Gasteiger partial charge in [-0.15, -0.1) is 0 Å². The van der Waals surface area contributed by atoms with E-state index in [0.717, 1.165) is 22.9 Å². The number of nitrogens with zero attached hydrogens (tertiary/aromatic N) is 4. The van der Waals surface area contributed by atoms with Gasteiger partial charge in [-0.25, -0.2) is 18.1 Å². The number of hydrogen-bond acceptors (Lipinski definition) is 7. The summed E-state index contributed by atoms with van der Waals surface area (Å²) in [6.45, 7) is 2.60. The van der Waals surface area contributed by atoms with Gasteiger partial charge in [0.15, 0.2) is 5.13 Å². The Morgan fingerprint density at radius 1 is 1.12 bits per heavy atom. The van der Waals surface area contributed by atoms with Crippen molar-refractivity contribution in [1.29, 1.82) is 0 Å². The first kappa shape index (κ1) is 21.7. The second-order valence-electron chi connectivity index (χ2n) is 7.90. The number of nitrogens with one attached hydrogen (secondary N) is 1. The summed E-state index contributed by atoms with van der Waals surface area (Å²) in [6.07, 6.45) is 1.74. The van der Waals surface area contributed by atoms with Gasteiger partial charge in [-0.3, -0.25) is 9.59 Å². The number of carbonyl (C=O) groups is 1. The molecule has 0 unspecified atom stereocenters. The monoisotopic (exact) mass is 483 g/mol. The number of carbonyl (C=O) groups excluding carboxylic acids is 1. The molecule has 0 bridgehead atoms. The maximum Gasteiger partial charge on any atom is 0.275 e. The molecule has 3 heterocycles. The van der Waals surface area contributed by atoms with E-state index in [1.54, 1.807) is 37.3 Å². The minimum absolute atomic E-state index is 0.223. The summed E-state index contributed by atoms with van der Waals surface area (Å²) < 4.78 is 28.9. The molecule has 2 aromatic carbocycles. The van der Waals surface area contributed by atoms with E-state index in [9.17, 15) is 18.0 Å². The van der Waals surface area contributed by atoms with Crippen LogP contribution in [0.4, 0.5) is 5.13 Å². The fourth-order valence-corrected chi connectivity index (χ4v) is 6.54. The predicted octanol–water partition coefficient (Wildman–Crippen LogP) is 2.74. The molecule has 170 valence electrons. The molecule has 1 amide bonds. The highest BCUT2D eigenvalue weighted by molar-refractivity contribution is 7.89. The Morgan fingerprint density at radius 2 is 1.85 bits per heavy atom. The maximum absolute atomic E-state index is 12.8. The maximum atomic E-state index is 12.8. The zero-order valence-corrected chi connectivity index (χ0v) is 19.4. The molecule has 0 spiro atoms. The molecule has 0 aliphatic carbocycles. The molecule has 0 radical (unpaired) electrons. The Balaban J connectivity index is 1.37. The van der Waals surface area contributed by atoms with E-state index in [1.807, 2.05) is 12.1 Å². The molecule has 2 aromatic heterocycles. The number of rotatable bonds is 5. The quantitative estimate of drug-likeness (QED) is 0.467. The summed E-state index contributed by atoms with van der Waals surface area (Å²) in [5.41, 5.74) is 0.907. The third-order valence-corrected chi connectivity index (χ3v) is 8.48. The van der Waals surface area contributed by atoms with Gasteiger partial charge in [0, 0.05) is 18.5 Å². The molecule has 5 rings (SSSR count). The summed E-state index contributed by atoms with van der Waals surface area (Å²) in [7, 11) is -3.53. The molecule has 1 saturated heterocycles. The zero-order valence-electron chi connectivity index (χ0n) is 17.8. The second kappa shape index (κ2) is 8.32. The number of fused-ring (bicyclic) bond motifs is 2. The van der Waals surface area contributed by atoms with Crippen LogP contribution in [0.2, 0.25) is 0 Å². The third kappa shape index (κ3) is 4.03. The van der Waals surface area contributed by atoms with Crippen LogP contribution < -0.4 is 10.9 Å². The molecule has 1 N–H and O–H groups in total. The van der Waals surface area contributed by atoms with Gasteiger partial charge in [-0.2, -0.15) is 9.40 Å². The van der Waals surface area contributed by atoms with Crippen LogP contribution in [0.5, 0.6) is 0 Å². The van der Waals surface area contributed by atoms with E-state index in [-0.39, 0.29) is 17.0 Å². The number of hydrogen-bond donors (Lipinski definition) is 1. The first-order valence-electron chi connectivity index (χ1n) is 10.5. The Morgan fingerprint density at radius 3 is 2.61 bits per heavy atom. The Kier molecular flexibility index (Phi) is 5.47. The summed E-state index contributed by atoms with van der Waals surface area (Å²) >= 11 is 1.19. The van der Waals surface area contributed by atoms with E-state index in [1.165, 1.54) is 15.6 Å². The largest absolute Gasteiger partial charge is 0.300 e. The normalized spacial score (nSPS) is 14.8. The Labute approximate surface area is 193 Å². The first-order chi connectivity index (χ1) is 15.8. The number of aryl methyl sites for hydroxylation is 1. The van der Waals surface area contributed by atoms with Crippen molar-refractivity contribution in [2.45, 2.75) is 31.2 Å². The lowest BCUT2D eigenvalue weighted by Crippen LogP contribution is -2.30. The molecule has 9 nitrogen and oxygen atoms in total. The van der Waals surface area contributed by atoms with Crippen LogP contribution in [-0.4, -0.2) is 46.5 Å². The lowest BCUT2D eigenvalue weighted by Gasteiger charge is -2.15. The van der Waals surface area contributed by atoms with Crippen molar-refractivity contribution < 1.29 is 13.2 Å². The molecule has 0 saturated carbocycles. The fourth-order valence-electron chi connectivity index (χ4n) is 4.00. The van der Waals surface area contributed by atoms with E-state index in [0.29, 0.717) is 39.5 Å². The van der Waals surface area contributed by atoms with Crippen LogP contribution in [0.3, 0.4) is 0 Å². The van der Waals surface area contributed by atoms with Crippen LogP contribution in [0.1, 0.15) is 18.5 Å². The lowest BCUT2D eigenvalue weighted by molar-refractivity contribution is -0.117. The molecule has 11 heteroatoms. The molecular formula is C22H21N5O4S2. The first-order valence-corrected chi connectivity index (χ1v) is 12.8. The lowest BCUT2D eigenvalue weighted by atomic mass is 10.1. The zero-order chi connectivity index (χ0) is 23.2. The molecular weight excluding hydrogens is 462 g/mol. The van der Waals surface area contributed by atoms with Crippen LogP contribution in [0.25, 0.3) is 21.0 Å². The van der Waals surface area contributed by atoms with Gasteiger partial charge in [0.05, 0.1) is 26.2 Å². The minimum Gasteiger partial charge on any atom is -0.300 e. The summed E-state index contributed by atoms with van der Waals surface area (Å²) in [4.78, 5) is 29.9. The summed E-state index contributed by atoms with van der Waals surface area (Å²) in [6, 6.07) is 11.9. The number of anilines is 1. The van der Waals surface area contributed by atoms with Crippen molar-refractivity contribution in [1.82, 2.24) is 19.1 Å². The Bertz CT molecular complexity index is 1550. The standard InChI is InChI=1S/C22H21N5O4S2/c1-14-16-6-2-3-7-17(16)21(29)27(25-14)13-20(28)24-22-23-18-9-8-15(12-19(18)32-22)33(30,31)26-10-4-5-11-26/h2-3,6-9,12H,4-5,10-11,13H2,1H3,(H,23,24,28). The third-order valence-electron chi connectivity index (χ3n) is 5.65.